The van der Waals surface area contributed by atoms with E-state index in [1.807, 2.05) is 0 Å². The van der Waals surface area contributed by atoms with E-state index in [-0.39, 0.29) is 0 Å². The van der Waals surface area contributed by atoms with Crippen LogP contribution in [0.1, 0.15) is 27.7 Å². The molecule has 0 N–H and O–H groups in total. The maximum absolute atomic E-state index is 12.0. The largest absolute Gasteiger partial charge is 0.467 e. The summed E-state index contributed by atoms with van der Waals surface area (Å²) >= 11 is 0. The van der Waals surface area contributed by atoms with Gasteiger partial charge in [-0.25, -0.2) is 4.79 Å². The standard InChI is InChI=1S/C15H20O11/c1-6(16)22-10-11(23-7(2)17)13(24-8(3)18)15(25-9(4)19)26-12(10)14(20)21-5/h10-13,15H,1-5H3/t10-,11+,12+,13-,15?/m0/s1. The quantitative estimate of drug-likeness (QED) is 0.441. The summed E-state index contributed by atoms with van der Waals surface area (Å²) in [4.78, 5) is 57.7. The van der Waals surface area contributed by atoms with Crippen LogP contribution in [-0.2, 0) is 52.4 Å². The van der Waals surface area contributed by atoms with Gasteiger partial charge in [-0.2, -0.15) is 0 Å². The van der Waals surface area contributed by atoms with Gasteiger partial charge in [0.25, 0.3) is 0 Å². The van der Waals surface area contributed by atoms with Crippen molar-refractivity contribution >= 4 is 29.8 Å². The molecular weight excluding hydrogens is 356 g/mol. The van der Waals surface area contributed by atoms with E-state index in [4.69, 9.17) is 23.7 Å². The van der Waals surface area contributed by atoms with Crippen LogP contribution in [0.25, 0.3) is 0 Å². The Morgan fingerprint density at radius 2 is 1.08 bits per heavy atom. The minimum atomic E-state index is -1.60. The van der Waals surface area contributed by atoms with Crippen molar-refractivity contribution in [1.82, 2.24) is 0 Å². The minimum Gasteiger partial charge on any atom is -0.467 e. The Kier molecular flexibility index (Phi) is 7.50. The molecule has 0 radical (unpaired) electrons. The average molecular weight is 376 g/mol. The normalized spacial score (nSPS) is 27.7. The highest BCUT2D eigenvalue weighted by molar-refractivity contribution is 5.77. The molecule has 1 aliphatic rings. The van der Waals surface area contributed by atoms with Gasteiger partial charge < -0.3 is 28.4 Å². The van der Waals surface area contributed by atoms with E-state index in [2.05, 4.69) is 4.74 Å². The Morgan fingerprint density at radius 1 is 0.654 bits per heavy atom. The van der Waals surface area contributed by atoms with Crippen molar-refractivity contribution in [3.63, 3.8) is 0 Å². The summed E-state index contributed by atoms with van der Waals surface area (Å²) in [6.07, 6.45) is -7.66. The molecule has 0 spiro atoms. The SMILES string of the molecule is COC(=O)[C@@H]1OC(OC(C)=O)[C@@H](OC(C)=O)[C@H](OC(C)=O)[C@@H]1OC(C)=O. The first-order chi connectivity index (χ1) is 12.1. The zero-order valence-electron chi connectivity index (χ0n) is 14.9. The lowest BCUT2D eigenvalue weighted by molar-refractivity contribution is -0.294. The monoisotopic (exact) mass is 376 g/mol. The molecule has 0 aromatic carbocycles. The predicted molar refractivity (Wildman–Crippen MR) is 79.1 cm³/mol. The molecule has 0 aliphatic carbocycles. The van der Waals surface area contributed by atoms with Crippen LogP contribution in [0.3, 0.4) is 0 Å². The van der Waals surface area contributed by atoms with E-state index in [1.54, 1.807) is 0 Å². The van der Waals surface area contributed by atoms with Crippen LogP contribution in [0.15, 0.2) is 0 Å². The Morgan fingerprint density at radius 3 is 1.50 bits per heavy atom. The number of hydrogen-bond donors (Lipinski definition) is 0. The second-order valence-electron chi connectivity index (χ2n) is 5.28. The Balaban J connectivity index is 3.37. The highest BCUT2D eigenvalue weighted by Crippen LogP contribution is 2.30. The van der Waals surface area contributed by atoms with Gasteiger partial charge in [-0.15, -0.1) is 0 Å². The maximum Gasteiger partial charge on any atom is 0.339 e. The van der Waals surface area contributed by atoms with Crippen molar-refractivity contribution in [2.45, 2.75) is 58.4 Å². The summed E-state index contributed by atoms with van der Waals surface area (Å²) in [6, 6.07) is 0. The summed E-state index contributed by atoms with van der Waals surface area (Å²) in [5, 5.41) is 0. The molecule has 0 saturated carbocycles. The van der Waals surface area contributed by atoms with E-state index in [0.29, 0.717) is 0 Å². The molecule has 26 heavy (non-hydrogen) atoms. The zero-order valence-corrected chi connectivity index (χ0v) is 14.9. The summed E-state index contributed by atoms with van der Waals surface area (Å²) < 4.78 is 30.0. The lowest BCUT2D eigenvalue weighted by Gasteiger charge is -2.42. The molecule has 1 saturated heterocycles. The average Bonchev–Trinajstić information content (AvgIpc) is 2.50. The van der Waals surface area contributed by atoms with Gasteiger partial charge in [0.2, 0.25) is 12.4 Å². The number of esters is 5. The fourth-order valence-electron chi connectivity index (χ4n) is 2.34. The molecule has 0 amide bonds. The third-order valence-electron chi connectivity index (χ3n) is 3.12. The van der Waals surface area contributed by atoms with Crippen molar-refractivity contribution in [1.29, 1.82) is 0 Å². The summed E-state index contributed by atoms with van der Waals surface area (Å²) in [5.74, 6) is -4.25. The van der Waals surface area contributed by atoms with Crippen molar-refractivity contribution in [3.05, 3.63) is 0 Å². The van der Waals surface area contributed by atoms with Gasteiger partial charge in [-0.3, -0.25) is 19.2 Å². The van der Waals surface area contributed by atoms with Gasteiger partial charge in [-0.1, -0.05) is 0 Å². The van der Waals surface area contributed by atoms with Gasteiger partial charge in [0, 0.05) is 27.7 Å². The summed E-state index contributed by atoms with van der Waals surface area (Å²) in [6.45, 7) is 4.22. The van der Waals surface area contributed by atoms with Crippen molar-refractivity contribution in [2.24, 2.45) is 0 Å². The predicted octanol–water partition coefficient (Wildman–Crippen LogP) is -0.757. The lowest BCUT2D eigenvalue weighted by Crippen LogP contribution is -2.64. The minimum absolute atomic E-state index is 0.814. The van der Waals surface area contributed by atoms with E-state index in [0.717, 1.165) is 34.8 Å². The van der Waals surface area contributed by atoms with Gasteiger partial charge in [0.15, 0.2) is 18.3 Å². The van der Waals surface area contributed by atoms with E-state index in [9.17, 15) is 24.0 Å². The van der Waals surface area contributed by atoms with Crippen LogP contribution in [0, 0.1) is 0 Å². The van der Waals surface area contributed by atoms with Gasteiger partial charge in [-0.05, 0) is 0 Å². The highest BCUT2D eigenvalue weighted by Gasteiger charge is 2.56. The topological polar surface area (TPSA) is 141 Å². The molecule has 11 nitrogen and oxygen atoms in total. The number of carbonyl (C=O) groups is 5. The first-order valence-corrected chi connectivity index (χ1v) is 7.49. The fourth-order valence-corrected chi connectivity index (χ4v) is 2.34. The van der Waals surface area contributed by atoms with Gasteiger partial charge in [0.1, 0.15) is 0 Å². The van der Waals surface area contributed by atoms with E-state index in [1.165, 1.54) is 0 Å². The molecule has 1 unspecified atom stereocenters. The Hall–Kier alpha value is -2.69. The number of ether oxygens (including phenoxy) is 6. The number of rotatable bonds is 5. The molecule has 1 rings (SSSR count). The molecule has 1 fully saturated rings. The molecule has 0 bridgehead atoms. The number of methoxy groups -OCH3 is 1. The first-order valence-electron chi connectivity index (χ1n) is 7.49. The second kappa shape index (κ2) is 9.13. The van der Waals surface area contributed by atoms with Crippen molar-refractivity contribution in [3.8, 4) is 0 Å². The molecule has 0 aromatic rings. The molecule has 146 valence electrons. The van der Waals surface area contributed by atoms with Crippen molar-refractivity contribution in [2.75, 3.05) is 7.11 Å². The fraction of sp³-hybridized carbons (Fsp3) is 0.667. The zero-order chi connectivity index (χ0) is 20.0. The van der Waals surface area contributed by atoms with E-state index >= 15 is 0 Å². The molecule has 1 aliphatic heterocycles. The van der Waals surface area contributed by atoms with Gasteiger partial charge >= 0.3 is 29.8 Å². The van der Waals surface area contributed by atoms with Crippen LogP contribution in [0.4, 0.5) is 0 Å². The summed E-state index contributed by atoms with van der Waals surface area (Å²) in [7, 11) is 1.05. The smallest absolute Gasteiger partial charge is 0.339 e. The number of carbonyl (C=O) groups excluding carboxylic acids is 5. The van der Waals surface area contributed by atoms with Crippen LogP contribution in [-0.4, -0.2) is 67.7 Å². The molecule has 11 heteroatoms. The third kappa shape index (κ3) is 5.69. The second-order valence-corrected chi connectivity index (χ2v) is 5.28. The molecular formula is C15H20O11. The lowest BCUT2D eigenvalue weighted by atomic mass is 9.97. The maximum atomic E-state index is 12.0. The number of hydrogen-bond acceptors (Lipinski definition) is 11. The third-order valence-corrected chi connectivity index (χ3v) is 3.12. The van der Waals surface area contributed by atoms with E-state index < -0.39 is 60.6 Å². The summed E-state index contributed by atoms with van der Waals surface area (Å²) in [5.41, 5.74) is 0. The van der Waals surface area contributed by atoms with Crippen LogP contribution >= 0.6 is 0 Å². The Bertz CT molecular complexity index is 584. The molecule has 0 aromatic heterocycles. The Labute approximate surface area is 148 Å². The highest BCUT2D eigenvalue weighted by atomic mass is 16.7. The van der Waals surface area contributed by atoms with Crippen LogP contribution in [0.2, 0.25) is 0 Å². The van der Waals surface area contributed by atoms with Crippen LogP contribution < -0.4 is 0 Å². The van der Waals surface area contributed by atoms with Crippen LogP contribution in [0.5, 0.6) is 0 Å². The molecule has 1 heterocycles. The van der Waals surface area contributed by atoms with Crippen molar-refractivity contribution < 1.29 is 52.4 Å². The van der Waals surface area contributed by atoms with Gasteiger partial charge in [0.05, 0.1) is 7.11 Å². The molecule has 5 atom stereocenters. The first kappa shape index (κ1) is 21.4.